The minimum atomic E-state index is -0.124. The van der Waals surface area contributed by atoms with E-state index in [2.05, 4.69) is 25.7 Å². The summed E-state index contributed by atoms with van der Waals surface area (Å²) in [5.41, 5.74) is 2.73. The van der Waals surface area contributed by atoms with Crippen LogP contribution in [-0.4, -0.2) is 33.8 Å². The summed E-state index contributed by atoms with van der Waals surface area (Å²) in [5.74, 6) is 0.622. The first-order chi connectivity index (χ1) is 14.2. The first-order valence-electron chi connectivity index (χ1n) is 9.91. The summed E-state index contributed by atoms with van der Waals surface area (Å²) in [5, 5.41) is 10.8. The zero-order valence-electron chi connectivity index (χ0n) is 16.9. The Morgan fingerprint density at radius 1 is 1.13 bits per heavy atom. The van der Waals surface area contributed by atoms with E-state index < -0.39 is 0 Å². The normalized spacial score (nSPS) is 14.7. The van der Waals surface area contributed by atoms with Crippen LogP contribution in [0, 0.1) is 5.82 Å². The lowest BCUT2D eigenvalue weighted by molar-refractivity contribution is 0.559. The van der Waals surface area contributed by atoms with Gasteiger partial charge in [-0.05, 0) is 49.1 Å². The van der Waals surface area contributed by atoms with Gasteiger partial charge in [-0.3, -0.25) is 0 Å². The van der Waals surface area contributed by atoms with E-state index in [1.165, 1.54) is 12.4 Å². The molecule has 8 heteroatoms. The molecule has 0 radical (unpaired) electrons. The number of halogens is 2. The largest absolute Gasteiger partial charge is 0.357 e. The third-order valence-electron chi connectivity index (χ3n) is 5.28. The lowest BCUT2D eigenvalue weighted by Crippen LogP contribution is -2.41. The molecule has 1 saturated carbocycles. The Kier molecular flexibility index (Phi) is 7.41. The Labute approximate surface area is 193 Å². The Bertz CT molecular complexity index is 968. The molecule has 30 heavy (non-hydrogen) atoms. The Morgan fingerprint density at radius 2 is 1.90 bits per heavy atom. The summed E-state index contributed by atoms with van der Waals surface area (Å²) in [6.45, 7) is 4.03. The molecule has 3 aromatic rings. The lowest BCUT2D eigenvalue weighted by Gasteiger charge is -2.19. The number of rotatable bonds is 7. The molecular weight excluding hydrogens is 494 g/mol. The molecule has 1 aliphatic rings. The van der Waals surface area contributed by atoms with E-state index in [9.17, 15) is 4.39 Å². The summed E-state index contributed by atoms with van der Waals surface area (Å²) in [6, 6.07) is 15.1. The van der Waals surface area contributed by atoms with Crippen molar-refractivity contribution in [2.75, 3.05) is 13.1 Å². The van der Waals surface area contributed by atoms with Gasteiger partial charge >= 0.3 is 0 Å². The summed E-state index contributed by atoms with van der Waals surface area (Å²) in [4.78, 5) is 8.65. The van der Waals surface area contributed by atoms with Crippen molar-refractivity contribution in [2.24, 2.45) is 4.99 Å². The zero-order valence-corrected chi connectivity index (χ0v) is 19.2. The quantitative estimate of drug-likeness (QED) is 0.283. The third kappa shape index (κ3) is 5.16. The number of aromatic nitrogens is 3. The predicted molar refractivity (Wildman–Crippen MR) is 127 cm³/mol. The van der Waals surface area contributed by atoms with Gasteiger partial charge in [-0.2, -0.15) is 5.10 Å². The van der Waals surface area contributed by atoms with Crippen LogP contribution in [0.2, 0.25) is 0 Å². The van der Waals surface area contributed by atoms with Crippen LogP contribution < -0.4 is 10.6 Å². The highest BCUT2D eigenvalue weighted by molar-refractivity contribution is 14.0. The van der Waals surface area contributed by atoms with Gasteiger partial charge in [0, 0.05) is 18.5 Å². The molecule has 0 atom stereocenters. The van der Waals surface area contributed by atoms with Gasteiger partial charge in [-0.15, -0.1) is 24.0 Å². The van der Waals surface area contributed by atoms with Gasteiger partial charge < -0.3 is 10.6 Å². The average Bonchev–Trinajstić information content (AvgIpc) is 3.32. The van der Waals surface area contributed by atoms with Crippen LogP contribution in [0.5, 0.6) is 0 Å². The molecule has 1 fully saturated rings. The van der Waals surface area contributed by atoms with Gasteiger partial charge in [-0.1, -0.05) is 30.3 Å². The maximum atomic E-state index is 14.2. The van der Waals surface area contributed by atoms with Gasteiger partial charge in [-0.25, -0.2) is 19.0 Å². The van der Waals surface area contributed by atoms with E-state index in [0.717, 1.165) is 42.2 Å². The molecule has 0 amide bonds. The number of hydrogen-bond donors (Lipinski definition) is 2. The molecule has 0 saturated heterocycles. The minimum Gasteiger partial charge on any atom is -0.357 e. The SMILES string of the molecule is CCNC(=NCc1ccc(-n2cncn2)cc1)NCC1(c2ccccc2F)CC1.I. The third-order valence-corrected chi connectivity index (χ3v) is 5.28. The van der Waals surface area contributed by atoms with Crippen molar-refractivity contribution in [1.29, 1.82) is 0 Å². The number of benzene rings is 2. The smallest absolute Gasteiger partial charge is 0.191 e. The number of aliphatic imine (C=N–C) groups is 1. The van der Waals surface area contributed by atoms with Gasteiger partial charge in [0.2, 0.25) is 0 Å². The fraction of sp³-hybridized carbons (Fsp3) is 0.318. The predicted octanol–water partition coefficient (Wildman–Crippen LogP) is 3.81. The number of guanidine groups is 1. The second-order valence-electron chi connectivity index (χ2n) is 7.32. The van der Waals surface area contributed by atoms with E-state index in [-0.39, 0.29) is 35.2 Å². The average molecular weight is 520 g/mol. The monoisotopic (exact) mass is 520 g/mol. The Hall–Kier alpha value is -2.49. The fourth-order valence-electron chi connectivity index (χ4n) is 3.44. The maximum Gasteiger partial charge on any atom is 0.191 e. The second kappa shape index (κ2) is 10.0. The van der Waals surface area contributed by atoms with Crippen molar-refractivity contribution in [3.63, 3.8) is 0 Å². The van der Waals surface area contributed by atoms with Crippen LogP contribution in [0.3, 0.4) is 0 Å². The highest BCUT2D eigenvalue weighted by Crippen LogP contribution is 2.48. The lowest BCUT2D eigenvalue weighted by atomic mass is 9.95. The van der Waals surface area contributed by atoms with Crippen molar-refractivity contribution in [2.45, 2.75) is 31.7 Å². The Morgan fingerprint density at radius 3 is 2.53 bits per heavy atom. The van der Waals surface area contributed by atoms with Crippen LogP contribution in [0.4, 0.5) is 4.39 Å². The van der Waals surface area contributed by atoms with E-state index in [0.29, 0.717) is 13.1 Å². The van der Waals surface area contributed by atoms with E-state index in [1.54, 1.807) is 17.1 Å². The van der Waals surface area contributed by atoms with Crippen LogP contribution in [0.15, 0.2) is 66.2 Å². The molecule has 0 aliphatic heterocycles. The van der Waals surface area contributed by atoms with Gasteiger partial charge in [0.05, 0.1) is 12.2 Å². The molecule has 2 aromatic carbocycles. The molecule has 1 aromatic heterocycles. The second-order valence-corrected chi connectivity index (χ2v) is 7.32. The molecule has 2 N–H and O–H groups in total. The first kappa shape index (κ1) is 22.2. The molecule has 158 valence electrons. The van der Waals surface area contributed by atoms with Gasteiger partial charge in [0.25, 0.3) is 0 Å². The molecule has 4 rings (SSSR count). The zero-order chi connectivity index (χ0) is 20.1. The van der Waals surface area contributed by atoms with Crippen LogP contribution >= 0.6 is 24.0 Å². The van der Waals surface area contributed by atoms with E-state index in [1.807, 2.05) is 43.3 Å². The molecule has 0 bridgehead atoms. The van der Waals surface area contributed by atoms with Crippen molar-refractivity contribution >= 4 is 29.9 Å². The topological polar surface area (TPSA) is 67.1 Å². The number of hydrogen-bond acceptors (Lipinski definition) is 3. The molecule has 0 spiro atoms. The molecule has 0 unspecified atom stereocenters. The summed E-state index contributed by atoms with van der Waals surface area (Å²) >= 11 is 0. The van der Waals surface area contributed by atoms with E-state index >= 15 is 0 Å². The van der Waals surface area contributed by atoms with Crippen molar-refractivity contribution in [3.05, 3.63) is 78.1 Å². The van der Waals surface area contributed by atoms with Crippen molar-refractivity contribution < 1.29 is 4.39 Å². The molecule has 6 nitrogen and oxygen atoms in total. The van der Waals surface area contributed by atoms with Crippen molar-refractivity contribution in [3.8, 4) is 5.69 Å². The summed E-state index contributed by atoms with van der Waals surface area (Å²) < 4.78 is 15.9. The van der Waals surface area contributed by atoms with Crippen LogP contribution in [-0.2, 0) is 12.0 Å². The van der Waals surface area contributed by atoms with Gasteiger partial charge in [0.15, 0.2) is 5.96 Å². The maximum absolute atomic E-state index is 14.2. The number of nitrogens with one attached hydrogen (secondary N) is 2. The minimum absolute atomic E-state index is 0. The van der Waals surface area contributed by atoms with Crippen LogP contribution in [0.25, 0.3) is 5.69 Å². The molecular formula is C22H26FIN6. The Balaban J connectivity index is 0.00000256. The standard InChI is InChI=1S/C22H25FN6.HI/c1-2-25-21(27-14-22(11-12-22)19-5-3-4-6-20(19)23)26-13-17-7-9-18(10-8-17)29-16-24-15-28-29;/h3-10,15-16H,2,11-14H2,1H3,(H2,25,26,27);1H. The summed E-state index contributed by atoms with van der Waals surface area (Å²) in [6.07, 6.45) is 5.17. The number of nitrogens with zero attached hydrogens (tertiary/aromatic N) is 4. The first-order valence-corrected chi connectivity index (χ1v) is 9.91. The molecule has 1 aliphatic carbocycles. The fourth-order valence-corrected chi connectivity index (χ4v) is 3.44. The van der Waals surface area contributed by atoms with Crippen LogP contribution in [0.1, 0.15) is 30.9 Å². The molecule has 1 heterocycles. The van der Waals surface area contributed by atoms with E-state index in [4.69, 9.17) is 0 Å². The van der Waals surface area contributed by atoms with Gasteiger partial charge in [0.1, 0.15) is 18.5 Å². The van der Waals surface area contributed by atoms with Crippen molar-refractivity contribution in [1.82, 2.24) is 25.4 Å². The highest BCUT2D eigenvalue weighted by Gasteiger charge is 2.45. The summed E-state index contributed by atoms with van der Waals surface area (Å²) in [7, 11) is 0. The highest BCUT2D eigenvalue weighted by atomic mass is 127.